The van der Waals surface area contributed by atoms with Crippen LogP contribution in [0.2, 0.25) is 0 Å². The second kappa shape index (κ2) is 2.27. The fourth-order valence-corrected chi connectivity index (χ4v) is 0.968. The SMILES string of the molecule is CN1C=C(N)N=C(Cl)C1. The molecule has 4 heteroatoms. The Labute approximate surface area is 58.8 Å². The van der Waals surface area contributed by atoms with Gasteiger partial charge in [-0.05, 0) is 0 Å². The van der Waals surface area contributed by atoms with Crippen LogP contribution in [0.25, 0.3) is 0 Å². The molecule has 1 aliphatic rings. The van der Waals surface area contributed by atoms with Crippen molar-refractivity contribution in [2.45, 2.75) is 0 Å². The van der Waals surface area contributed by atoms with Gasteiger partial charge in [-0.3, -0.25) is 0 Å². The van der Waals surface area contributed by atoms with Crippen molar-refractivity contribution in [1.82, 2.24) is 4.90 Å². The molecular weight excluding hydrogens is 138 g/mol. The van der Waals surface area contributed by atoms with Crippen molar-refractivity contribution in [2.75, 3.05) is 13.6 Å². The van der Waals surface area contributed by atoms with Crippen molar-refractivity contribution >= 4 is 16.8 Å². The summed E-state index contributed by atoms with van der Waals surface area (Å²) in [4.78, 5) is 5.69. The number of rotatable bonds is 0. The Morgan fingerprint density at radius 1 is 1.89 bits per heavy atom. The monoisotopic (exact) mass is 145 g/mol. The van der Waals surface area contributed by atoms with E-state index >= 15 is 0 Å². The molecule has 0 aliphatic carbocycles. The van der Waals surface area contributed by atoms with Crippen molar-refractivity contribution < 1.29 is 0 Å². The zero-order chi connectivity index (χ0) is 6.85. The predicted molar refractivity (Wildman–Crippen MR) is 38.2 cm³/mol. The highest BCUT2D eigenvalue weighted by Crippen LogP contribution is 2.02. The molecule has 0 radical (unpaired) electrons. The zero-order valence-corrected chi connectivity index (χ0v) is 5.89. The van der Waals surface area contributed by atoms with Crippen molar-refractivity contribution in [3.8, 4) is 0 Å². The normalized spacial score (nSPS) is 19.1. The first-order valence-corrected chi connectivity index (χ1v) is 2.97. The van der Waals surface area contributed by atoms with Gasteiger partial charge in [0.2, 0.25) is 0 Å². The minimum atomic E-state index is 0.466. The van der Waals surface area contributed by atoms with Gasteiger partial charge >= 0.3 is 0 Å². The quantitative estimate of drug-likeness (QED) is 0.534. The summed E-state index contributed by atoms with van der Waals surface area (Å²) in [6.07, 6.45) is 1.74. The summed E-state index contributed by atoms with van der Waals surface area (Å²) in [6, 6.07) is 0. The van der Waals surface area contributed by atoms with E-state index in [9.17, 15) is 0 Å². The third-order valence-corrected chi connectivity index (χ3v) is 1.19. The fraction of sp³-hybridized carbons (Fsp3) is 0.400. The fourth-order valence-electron chi connectivity index (χ4n) is 0.682. The largest absolute Gasteiger partial charge is 0.382 e. The van der Waals surface area contributed by atoms with E-state index in [2.05, 4.69) is 4.99 Å². The van der Waals surface area contributed by atoms with Crippen LogP contribution in [0.4, 0.5) is 0 Å². The number of halogens is 1. The first kappa shape index (κ1) is 6.42. The molecule has 0 aromatic heterocycles. The van der Waals surface area contributed by atoms with Crippen molar-refractivity contribution in [1.29, 1.82) is 0 Å². The Hall–Kier alpha value is -0.700. The molecule has 50 valence electrons. The Kier molecular flexibility index (Phi) is 1.62. The van der Waals surface area contributed by atoms with Gasteiger partial charge in [0, 0.05) is 13.2 Å². The van der Waals surface area contributed by atoms with Crippen LogP contribution >= 0.6 is 11.6 Å². The van der Waals surface area contributed by atoms with E-state index < -0.39 is 0 Å². The van der Waals surface area contributed by atoms with Gasteiger partial charge in [-0.25, -0.2) is 4.99 Å². The molecular formula is C5H8ClN3. The Bertz CT molecular complexity index is 173. The summed E-state index contributed by atoms with van der Waals surface area (Å²) in [5.41, 5.74) is 5.36. The minimum Gasteiger partial charge on any atom is -0.382 e. The van der Waals surface area contributed by atoms with E-state index in [4.69, 9.17) is 17.3 Å². The number of nitrogens with zero attached hydrogens (tertiary/aromatic N) is 2. The van der Waals surface area contributed by atoms with E-state index in [1.807, 2.05) is 11.9 Å². The molecule has 0 saturated carbocycles. The van der Waals surface area contributed by atoms with Crippen molar-refractivity contribution in [3.05, 3.63) is 12.0 Å². The summed E-state index contributed by atoms with van der Waals surface area (Å²) in [5, 5.41) is 0.539. The summed E-state index contributed by atoms with van der Waals surface area (Å²) in [7, 11) is 1.89. The number of nitrogens with two attached hydrogens (primary N) is 1. The van der Waals surface area contributed by atoms with Gasteiger partial charge in [-0.15, -0.1) is 0 Å². The third-order valence-electron chi connectivity index (χ3n) is 0.983. The number of aliphatic imine (C=N–C) groups is 1. The highest BCUT2D eigenvalue weighted by Gasteiger charge is 2.04. The standard InChI is InChI=1S/C5H8ClN3/c1-9-2-4(6)8-5(7)3-9/h3H,2,7H2,1H3. The molecule has 1 heterocycles. The lowest BCUT2D eigenvalue weighted by Crippen LogP contribution is -2.23. The average Bonchev–Trinajstić information content (AvgIpc) is 1.59. The molecule has 2 N–H and O–H groups in total. The molecule has 0 atom stereocenters. The van der Waals surface area contributed by atoms with E-state index in [-0.39, 0.29) is 0 Å². The second-order valence-corrected chi connectivity index (χ2v) is 2.39. The summed E-state index contributed by atoms with van der Waals surface area (Å²) < 4.78 is 0. The highest BCUT2D eigenvalue weighted by molar-refractivity contribution is 6.66. The topological polar surface area (TPSA) is 41.6 Å². The molecule has 0 fully saturated rings. The molecule has 0 spiro atoms. The smallest absolute Gasteiger partial charge is 0.140 e. The van der Waals surface area contributed by atoms with Crippen molar-refractivity contribution in [3.63, 3.8) is 0 Å². The predicted octanol–water partition coefficient (Wildman–Crippen LogP) is 0.327. The Morgan fingerprint density at radius 3 is 3.00 bits per heavy atom. The molecule has 0 aromatic carbocycles. The zero-order valence-electron chi connectivity index (χ0n) is 5.13. The molecule has 9 heavy (non-hydrogen) atoms. The third kappa shape index (κ3) is 1.61. The van der Waals surface area contributed by atoms with E-state index in [0.717, 1.165) is 0 Å². The second-order valence-electron chi connectivity index (χ2n) is 1.96. The van der Waals surface area contributed by atoms with E-state index in [1.54, 1.807) is 6.20 Å². The highest BCUT2D eigenvalue weighted by atomic mass is 35.5. The lowest BCUT2D eigenvalue weighted by atomic mass is 10.5. The maximum atomic E-state index is 5.59. The van der Waals surface area contributed by atoms with Crippen LogP contribution < -0.4 is 5.73 Å². The lowest BCUT2D eigenvalue weighted by molar-refractivity contribution is 0.513. The molecule has 0 amide bonds. The first-order valence-electron chi connectivity index (χ1n) is 2.59. The van der Waals surface area contributed by atoms with Gasteiger partial charge in [0.1, 0.15) is 11.0 Å². The molecule has 0 aromatic rings. The van der Waals surface area contributed by atoms with Gasteiger partial charge in [0.05, 0.1) is 6.54 Å². The molecule has 1 aliphatic heterocycles. The van der Waals surface area contributed by atoms with Gasteiger partial charge in [-0.2, -0.15) is 0 Å². The molecule has 1 rings (SSSR count). The van der Waals surface area contributed by atoms with Gasteiger partial charge < -0.3 is 10.6 Å². The van der Waals surface area contributed by atoms with Gasteiger partial charge in [0.25, 0.3) is 0 Å². The Balaban J connectivity index is 2.74. The maximum Gasteiger partial charge on any atom is 0.140 e. The lowest BCUT2D eigenvalue weighted by Gasteiger charge is -2.16. The maximum absolute atomic E-state index is 5.59. The van der Waals surface area contributed by atoms with Crippen LogP contribution in [0.15, 0.2) is 17.0 Å². The van der Waals surface area contributed by atoms with Crippen LogP contribution in [0.3, 0.4) is 0 Å². The Morgan fingerprint density at radius 2 is 2.56 bits per heavy atom. The van der Waals surface area contributed by atoms with Crippen LogP contribution in [0.5, 0.6) is 0 Å². The molecule has 3 nitrogen and oxygen atoms in total. The molecule has 0 bridgehead atoms. The molecule has 0 saturated heterocycles. The first-order chi connectivity index (χ1) is 4.18. The van der Waals surface area contributed by atoms with Crippen LogP contribution in [0.1, 0.15) is 0 Å². The number of hydrogen-bond acceptors (Lipinski definition) is 3. The minimum absolute atomic E-state index is 0.466. The average molecular weight is 146 g/mol. The van der Waals surface area contributed by atoms with E-state index in [1.165, 1.54) is 0 Å². The van der Waals surface area contributed by atoms with Crippen LogP contribution in [-0.2, 0) is 0 Å². The number of hydrogen-bond donors (Lipinski definition) is 1. The molecule has 0 unspecified atom stereocenters. The van der Waals surface area contributed by atoms with Crippen molar-refractivity contribution in [2.24, 2.45) is 10.7 Å². The van der Waals surface area contributed by atoms with Gasteiger partial charge in [0.15, 0.2) is 0 Å². The van der Waals surface area contributed by atoms with E-state index in [0.29, 0.717) is 17.5 Å². The summed E-state index contributed by atoms with van der Waals surface area (Å²) >= 11 is 5.59. The van der Waals surface area contributed by atoms with Crippen LogP contribution in [0, 0.1) is 0 Å². The summed E-state index contributed by atoms with van der Waals surface area (Å²) in [5.74, 6) is 0.466. The van der Waals surface area contributed by atoms with Gasteiger partial charge in [-0.1, -0.05) is 11.6 Å². The van der Waals surface area contributed by atoms with Crippen LogP contribution in [-0.4, -0.2) is 23.7 Å². The summed E-state index contributed by atoms with van der Waals surface area (Å²) in [6.45, 7) is 0.655.